The molecule has 152 valence electrons. The summed E-state index contributed by atoms with van der Waals surface area (Å²) in [4.78, 5) is 19.1. The van der Waals surface area contributed by atoms with Gasteiger partial charge in [0.2, 0.25) is 0 Å². The second-order valence-corrected chi connectivity index (χ2v) is 7.38. The van der Waals surface area contributed by atoms with Gasteiger partial charge < -0.3 is 14.2 Å². The first kappa shape index (κ1) is 20.6. The summed E-state index contributed by atoms with van der Waals surface area (Å²) >= 11 is 0. The van der Waals surface area contributed by atoms with E-state index in [0.29, 0.717) is 19.6 Å². The Morgan fingerprint density at radius 3 is 2.55 bits per heavy atom. The van der Waals surface area contributed by atoms with Gasteiger partial charge in [-0.15, -0.1) is 0 Å². The van der Waals surface area contributed by atoms with E-state index >= 15 is 0 Å². The molecule has 0 N–H and O–H groups in total. The first-order valence-electron chi connectivity index (χ1n) is 9.64. The van der Waals surface area contributed by atoms with Crippen LogP contribution in [0.5, 0.6) is 5.75 Å². The van der Waals surface area contributed by atoms with E-state index in [4.69, 9.17) is 4.74 Å². The predicted octanol–water partition coefficient (Wildman–Crippen LogP) is 4.38. The molecule has 0 saturated carbocycles. The molecule has 0 aliphatic rings. The first-order valence-corrected chi connectivity index (χ1v) is 9.64. The van der Waals surface area contributed by atoms with Crippen LogP contribution in [0.4, 0.5) is 4.39 Å². The topological polar surface area (TPSA) is 47.4 Å². The van der Waals surface area contributed by atoms with Crippen LogP contribution < -0.4 is 4.74 Å². The first-order chi connectivity index (χ1) is 14.0. The molecule has 0 atom stereocenters. The second kappa shape index (κ2) is 9.37. The lowest BCUT2D eigenvalue weighted by molar-refractivity contribution is 0.0711. The van der Waals surface area contributed by atoms with Crippen LogP contribution in [-0.4, -0.2) is 34.0 Å². The Morgan fingerprint density at radius 2 is 1.90 bits per heavy atom. The summed E-state index contributed by atoms with van der Waals surface area (Å²) in [6.45, 7) is 5.52. The number of imidazole rings is 1. The molecule has 3 aromatic rings. The van der Waals surface area contributed by atoms with Gasteiger partial charge in [0, 0.05) is 25.5 Å². The number of nitrogens with zero attached hydrogens (tertiary/aromatic N) is 3. The van der Waals surface area contributed by atoms with E-state index in [1.54, 1.807) is 30.3 Å². The van der Waals surface area contributed by atoms with E-state index < -0.39 is 5.82 Å². The molecule has 1 aromatic heterocycles. The fourth-order valence-corrected chi connectivity index (χ4v) is 3.20. The molecule has 0 aliphatic carbocycles. The van der Waals surface area contributed by atoms with E-state index in [0.717, 1.165) is 17.1 Å². The highest BCUT2D eigenvalue weighted by Crippen LogP contribution is 2.16. The van der Waals surface area contributed by atoms with Crippen molar-refractivity contribution in [3.63, 3.8) is 0 Å². The quantitative estimate of drug-likeness (QED) is 0.569. The van der Waals surface area contributed by atoms with Crippen molar-refractivity contribution in [2.75, 3.05) is 13.7 Å². The molecule has 1 heterocycles. The van der Waals surface area contributed by atoms with Crippen molar-refractivity contribution in [2.24, 2.45) is 5.92 Å². The van der Waals surface area contributed by atoms with Crippen molar-refractivity contribution in [2.45, 2.75) is 26.9 Å². The smallest absolute Gasteiger partial charge is 0.257 e. The molecule has 6 heteroatoms. The number of carbonyl (C=O) groups is 1. The van der Waals surface area contributed by atoms with E-state index in [1.165, 1.54) is 12.1 Å². The van der Waals surface area contributed by atoms with Crippen LogP contribution in [0.2, 0.25) is 0 Å². The van der Waals surface area contributed by atoms with Gasteiger partial charge in [0.05, 0.1) is 19.2 Å². The SMILES string of the molecule is COc1ccc(Cn2ccnc2CN(CC(C)C)C(=O)c2ccccc2F)cc1. The Kier molecular flexibility index (Phi) is 6.65. The Bertz CT molecular complexity index is 951. The monoisotopic (exact) mass is 395 g/mol. The zero-order valence-electron chi connectivity index (χ0n) is 17.0. The second-order valence-electron chi connectivity index (χ2n) is 7.38. The number of aromatic nitrogens is 2. The number of hydrogen-bond acceptors (Lipinski definition) is 3. The minimum Gasteiger partial charge on any atom is -0.497 e. The molecule has 2 aromatic carbocycles. The van der Waals surface area contributed by atoms with Crippen molar-refractivity contribution in [1.82, 2.24) is 14.5 Å². The maximum atomic E-state index is 14.2. The highest BCUT2D eigenvalue weighted by Gasteiger charge is 2.21. The fourth-order valence-electron chi connectivity index (χ4n) is 3.20. The standard InChI is InChI=1S/C23H26FN3O2/c1-17(2)14-27(23(28)20-6-4-5-7-21(20)24)16-22-25-12-13-26(22)15-18-8-10-19(29-3)11-9-18/h4-13,17H,14-16H2,1-3H3. The molecule has 29 heavy (non-hydrogen) atoms. The summed E-state index contributed by atoms with van der Waals surface area (Å²) in [5.74, 6) is 0.976. The van der Waals surface area contributed by atoms with E-state index in [2.05, 4.69) is 4.98 Å². The average Bonchev–Trinajstić information content (AvgIpc) is 3.14. The zero-order chi connectivity index (χ0) is 20.8. The summed E-state index contributed by atoms with van der Waals surface area (Å²) in [6, 6.07) is 13.9. The van der Waals surface area contributed by atoms with Crippen molar-refractivity contribution in [1.29, 1.82) is 0 Å². The lowest BCUT2D eigenvalue weighted by Gasteiger charge is -2.25. The Hall–Kier alpha value is -3.15. The van der Waals surface area contributed by atoms with Crippen molar-refractivity contribution in [3.8, 4) is 5.75 Å². The summed E-state index contributed by atoms with van der Waals surface area (Å²) in [7, 11) is 1.64. The molecule has 0 spiro atoms. The highest BCUT2D eigenvalue weighted by atomic mass is 19.1. The highest BCUT2D eigenvalue weighted by molar-refractivity contribution is 5.94. The molecule has 0 unspecified atom stereocenters. The molecule has 5 nitrogen and oxygen atoms in total. The summed E-state index contributed by atoms with van der Waals surface area (Å²) < 4.78 is 21.4. The third-order valence-electron chi connectivity index (χ3n) is 4.62. The van der Waals surface area contributed by atoms with Crippen LogP contribution in [0.15, 0.2) is 60.9 Å². The minimum absolute atomic E-state index is 0.0846. The number of rotatable bonds is 8. The van der Waals surface area contributed by atoms with Crippen LogP contribution in [0, 0.1) is 11.7 Å². The summed E-state index contributed by atoms with van der Waals surface area (Å²) in [5.41, 5.74) is 1.18. The number of ether oxygens (including phenoxy) is 1. The van der Waals surface area contributed by atoms with Gasteiger partial charge >= 0.3 is 0 Å². The van der Waals surface area contributed by atoms with Crippen LogP contribution in [-0.2, 0) is 13.1 Å². The van der Waals surface area contributed by atoms with Crippen LogP contribution >= 0.6 is 0 Å². The zero-order valence-corrected chi connectivity index (χ0v) is 17.0. The lowest BCUT2D eigenvalue weighted by Crippen LogP contribution is -2.35. The minimum atomic E-state index is -0.507. The Morgan fingerprint density at radius 1 is 1.17 bits per heavy atom. The number of hydrogen-bond donors (Lipinski definition) is 0. The van der Waals surface area contributed by atoms with Gasteiger partial charge in [0.1, 0.15) is 17.4 Å². The molecule has 0 bridgehead atoms. The van der Waals surface area contributed by atoms with Gasteiger partial charge in [0.25, 0.3) is 5.91 Å². The average molecular weight is 395 g/mol. The number of methoxy groups -OCH3 is 1. The molecule has 0 saturated heterocycles. The maximum absolute atomic E-state index is 14.2. The molecule has 3 rings (SSSR count). The third-order valence-corrected chi connectivity index (χ3v) is 4.62. The third kappa shape index (κ3) is 5.22. The normalized spacial score (nSPS) is 10.9. The maximum Gasteiger partial charge on any atom is 0.257 e. The molecule has 1 amide bonds. The van der Waals surface area contributed by atoms with Gasteiger partial charge in [-0.25, -0.2) is 9.37 Å². The number of carbonyl (C=O) groups excluding carboxylic acids is 1. The van der Waals surface area contributed by atoms with Crippen molar-refractivity contribution < 1.29 is 13.9 Å². The number of amides is 1. The van der Waals surface area contributed by atoms with Crippen LogP contribution in [0.25, 0.3) is 0 Å². The van der Waals surface area contributed by atoms with Gasteiger partial charge in [-0.3, -0.25) is 4.79 Å². The Labute approximate surface area is 170 Å². The van der Waals surface area contributed by atoms with Crippen molar-refractivity contribution >= 4 is 5.91 Å². The van der Waals surface area contributed by atoms with Crippen LogP contribution in [0.3, 0.4) is 0 Å². The van der Waals surface area contributed by atoms with Gasteiger partial charge in [0.15, 0.2) is 0 Å². The lowest BCUT2D eigenvalue weighted by atomic mass is 10.1. The van der Waals surface area contributed by atoms with Crippen LogP contribution in [0.1, 0.15) is 35.6 Å². The largest absolute Gasteiger partial charge is 0.497 e. The van der Waals surface area contributed by atoms with Gasteiger partial charge in [-0.05, 0) is 35.7 Å². The Balaban J connectivity index is 1.80. The number of halogens is 1. The summed E-state index contributed by atoms with van der Waals surface area (Å²) in [5, 5.41) is 0. The molecule has 0 aliphatic heterocycles. The van der Waals surface area contributed by atoms with E-state index in [1.807, 2.05) is 48.9 Å². The van der Waals surface area contributed by atoms with Gasteiger partial charge in [-0.1, -0.05) is 38.1 Å². The number of benzene rings is 2. The fraction of sp³-hybridized carbons (Fsp3) is 0.304. The molecular weight excluding hydrogens is 369 g/mol. The summed E-state index contributed by atoms with van der Waals surface area (Å²) in [6.07, 6.45) is 3.61. The van der Waals surface area contributed by atoms with Gasteiger partial charge in [-0.2, -0.15) is 0 Å². The molecule has 0 radical (unpaired) electrons. The molecular formula is C23H26FN3O2. The molecule has 0 fully saturated rings. The van der Waals surface area contributed by atoms with Crippen molar-refractivity contribution in [3.05, 3.63) is 83.7 Å². The predicted molar refractivity (Wildman–Crippen MR) is 110 cm³/mol. The van der Waals surface area contributed by atoms with E-state index in [-0.39, 0.29) is 17.4 Å². The van der Waals surface area contributed by atoms with E-state index in [9.17, 15) is 9.18 Å².